The van der Waals surface area contributed by atoms with Crippen molar-refractivity contribution in [1.29, 1.82) is 0 Å². The van der Waals surface area contributed by atoms with Crippen molar-refractivity contribution in [3.63, 3.8) is 0 Å². The van der Waals surface area contributed by atoms with E-state index in [0.29, 0.717) is 6.54 Å². The summed E-state index contributed by atoms with van der Waals surface area (Å²) in [5, 5.41) is 0. The zero-order chi connectivity index (χ0) is 14.6. The second kappa shape index (κ2) is 6.36. The molecular formula is C13H22N2O3S. The van der Waals surface area contributed by atoms with E-state index in [-0.39, 0.29) is 6.04 Å². The van der Waals surface area contributed by atoms with E-state index in [9.17, 15) is 8.42 Å². The molecule has 108 valence electrons. The van der Waals surface area contributed by atoms with Crippen molar-refractivity contribution >= 4 is 10.2 Å². The van der Waals surface area contributed by atoms with E-state index in [2.05, 4.69) is 0 Å². The van der Waals surface area contributed by atoms with Gasteiger partial charge in [-0.1, -0.05) is 12.1 Å². The van der Waals surface area contributed by atoms with E-state index >= 15 is 0 Å². The topological polar surface area (TPSA) is 49.9 Å². The first-order valence-corrected chi connectivity index (χ1v) is 7.51. The van der Waals surface area contributed by atoms with Gasteiger partial charge in [-0.2, -0.15) is 17.0 Å². The van der Waals surface area contributed by atoms with Crippen LogP contribution in [-0.2, 0) is 16.8 Å². The second-order valence-electron chi connectivity index (χ2n) is 4.73. The van der Waals surface area contributed by atoms with Crippen LogP contribution in [0, 0.1) is 0 Å². The smallest absolute Gasteiger partial charge is 0.282 e. The van der Waals surface area contributed by atoms with Gasteiger partial charge < -0.3 is 4.74 Å². The minimum absolute atomic E-state index is 0.0715. The molecule has 0 N–H and O–H groups in total. The van der Waals surface area contributed by atoms with Crippen LogP contribution in [0.4, 0.5) is 0 Å². The molecule has 19 heavy (non-hydrogen) atoms. The summed E-state index contributed by atoms with van der Waals surface area (Å²) in [5.41, 5.74) is 0.891. The van der Waals surface area contributed by atoms with Crippen molar-refractivity contribution in [2.45, 2.75) is 26.4 Å². The highest BCUT2D eigenvalue weighted by atomic mass is 32.2. The van der Waals surface area contributed by atoms with E-state index in [1.54, 1.807) is 21.2 Å². The highest BCUT2D eigenvalue weighted by Crippen LogP contribution is 2.16. The monoisotopic (exact) mass is 286 g/mol. The van der Waals surface area contributed by atoms with Crippen molar-refractivity contribution in [2.24, 2.45) is 0 Å². The Bertz CT molecular complexity index is 514. The van der Waals surface area contributed by atoms with Gasteiger partial charge in [-0.15, -0.1) is 0 Å². The third kappa shape index (κ3) is 3.92. The molecule has 0 bridgehead atoms. The van der Waals surface area contributed by atoms with Gasteiger partial charge in [0.05, 0.1) is 7.11 Å². The molecule has 0 fully saturated rings. The first-order valence-electron chi connectivity index (χ1n) is 6.11. The van der Waals surface area contributed by atoms with Crippen LogP contribution in [-0.4, -0.2) is 44.3 Å². The third-order valence-corrected chi connectivity index (χ3v) is 5.09. The molecule has 0 atom stereocenters. The molecule has 0 aliphatic heterocycles. The van der Waals surface area contributed by atoms with Gasteiger partial charge in [0.25, 0.3) is 10.2 Å². The molecule has 0 radical (unpaired) electrons. The van der Waals surface area contributed by atoms with Crippen molar-refractivity contribution in [2.75, 3.05) is 21.2 Å². The van der Waals surface area contributed by atoms with Crippen LogP contribution in [0.3, 0.4) is 0 Å². The summed E-state index contributed by atoms with van der Waals surface area (Å²) >= 11 is 0. The summed E-state index contributed by atoms with van der Waals surface area (Å²) in [6, 6.07) is 7.32. The molecule has 0 saturated heterocycles. The van der Waals surface area contributed by atoms with Gasteiger partial charge in [0, 0.05) is 26.7 Å². The Hall–Kier alpha value is -1.11. The minimum atomic E-state index is -3.43. The Balaban J connectivity index is 2.87. The molecule has 5 nitrogen and oxygen atoms in total. The number of hydrogen-bond donors (Lipinski definition) is 0. The van der Waals surface area contributed by atoms with Gasteiger partial charge in [0.15, 0.2) is 0 Å². The number of methoxy groups -OCH3 is 1. The molecule has 0 aliphatic carbocycles. The number of ether oxygens (including phenoxy) is 1. The maximum Gasteiger partial charge on any atom is 0.282 e. The summed E-state index contributed by atoms with van der Waals surface area (Å²) < 4.78 is 32.3. The Morgan fingerprint density at radius 1 is 1.26 bits per heavy atom. The fourth-order valence-electron chi connectivity index (χ4n) is 1.60. The summed E-state index contributed by atoms with van der Waals surface area (Å²) in [7, 11) is 1.32. The van der Waals surface area contributed by atoms with E-state index in [0.717, 1.165) is 11.3 Å². The summed E-state index contributed by atoms with van der Waals surface area (Å²) in [6.45, 7) is 4.00. The standard InChI is InChI=1S/C13H22N2O3S/c1-11(2)15(4)19(16,17)14(3)10-12-7-6-8-13(9-12)18-5/h6-9,11H,10H2,1-5H3. The summed E-state index contributed by atoms with van der Waals surface area (Å²) in [4.78, 5) is 0. The number of benzene rings is 1. The molecule has 0 aromatic heterocycles. The first kappa shape index (κ1) is 15.9. The maximum absolute atomic E-state index is 12.3. The zero-order valence-electron chi connectivity index (χ0n) is 12.1. The highest BCUT2D eigenvalue weighted by molar-refractivity contribution is 7.86. The van der Waals surface area contributed by atoms with Gasteiger partial charge in [-0.05, 0) is 31.5 Å². The van der Waals surface area contributed by atoms with Gasteiger partial charge >= 0.3 is 0 Å². The van der Waals surface area contributed by atoms with Crippen LogP contribution in [0.2, 0.25) is 0 Å². The predicted octanol–water partition coefficient (Wildman–Crippen LogP) is 1.71. The number of hydrogen-bond acceptors (Lipinski definition) is 3. The molecule has 6 heteroatoms. The predicted molar refractivity (Wildman–Crippen MR) is 76.3 cm³/mol. The molecule has 0 amide bonds. The number of rotatable bonds is 6. The van der Waals surface area contributed by atoms with E-state index < -0.39 is 10.2 Å². The van der Waals surface area contributed by atoms with E-state index in [1.807, 2.05) is 38.1 Å². The average Bonchev–Trinajstić information content (AvgIpc) is 2.37. The van der Waals surface area contributed by atoms with Crippen LogP contribution in [0.25, 0.3) is 0 Å². The molecule has 0 heterocycles. The molecule has 1 aromatic carbocycles. The Morgan fingerprint density at radius 2 is 1.89 bits per heavy atom. The van der Waals surface area contributed by atoms with Crippen molar-refractivity contribution in [3.05, 3.63) is 29.8 Å². The molecule has 0 unspecified atom stereocenters. The minimum Gasteiger partial charge on any atom is -0.497 e. The second-order valence-corrected chi connectivity index (χ2v) is 6.82. The summed E-state index contributed by atoms with van der Waals surface area (Å²) in [5.74, 6) is 0.723. The molecule has 0 aliphatic rings. The Kier molecular flexibility index (Phi) is 5.34. The molecule has 0 saturated carbocycles. The van der Waals surface area contributed by atoms with Crippen LogP contribution in [0.15, 0.2) is 24.3 Å². The lowest BCUT2D eigenvalue weighted by molar-refractivity contribution is 0.355. The SMILES string of the molecule is COc1cccc(CN(C)S(=O)(=O)N(C)C(C)C)c1. The normalized spacial score (nSPS) is 12.4. The van der Waals surface area contributed by atoms with E-state index in [1.165, 1.54) is 8.61 Å². The Morgan fingerprint density at radius 3 is 2.42 bits per heavy atom. The van der Waals surface area contributed by atoms with Gasteiger partial charge in [0.1, 0.15) is 5.75 Å². The number of nitrogens with zero attached hydrogens (tertiary/aromatic N) is 2. The maximum atomic E-state index is 12.3. The van der Waals surface area contributed by atoms with Crippen molar-refractivity contribution in [3.8, 4) is 5.75 Å². The van der Waals surface area contributed by atoms with Gasteiger partial charge in [-0.3, -0.25) is 0 Å². The lowest BCUT2D eigenvalue weighted by Crippen LogP contribution is -2.42. The molecule has 0 spiro atoms. The fraction of sp³-hybridized carbons (Fsp3) is 0.538. The van der Waals surface area contributed by atoms with Crippen molar-refractivity contribution < 1.29 is 13.2 Å². The third-order valence-electron chi connectivity index (χ3n) is 3.02. The highest BCUT2D eigenvalue weighted by Gasteiger charge is 2.25. The van der Waals surface area contributed by atoms with Crippen LogP contribution >= 0.6 is 0 Å². The van der Waals surface area contributed by atoms with E-state index in [4.69, 9.17) is 4.74 Å². The zero-order valence-corrected chi connectivity index (χ0v) is 12.9. The summed E-state index contributed by atoms with van der Waals surface area (Å²) in [6.07, 6.45) is 0. The lowest BCUT2D eigenvalue weighted by Gasteiger charge is -2.27. The van der Waals surface area contributed by atoms with Crippen LogP contribution in [0.1, 0.15) is 19.4 Å². The largest absolute Gasteiger partial charge is 0.497 e. The molecule has 1 rings (SSSR count). The fourth-order valence-corrected chi connectivity index (χ4v) is 2.88. The van der Waals surface area contributed by atoms with Gasteiger partial charge in [-0.25, -0.2) is 0 Å². The molecule has 1 aromatic rings. The van der Waals surface area contributed by atoms with Crippen LogP contribution < -0.4 is 4.74 Å². The van der Waals surface area contributed by atoms with Crippen LogP contribution in [0.5, 0.6) is 5.75 Å². The van der Waals surface area contributed by atoms with Gasteiger partial charge in [0.2, 0.25) is 0 Å². The Labute approximate surface area is 116 Å². The molecular weight excluding hydrogens is 264 g/mol. The van der Waals surface area contributed by atoms with Crippen molar-refractivity contribution in [1.82, 2.24) is 8.61 Å². The average molecular weight is 286 g/mol. The first-order chi connectivity index (χ1) is 8.78. The lowest BCUT2D eigenvalue weighted by atomic mass is 10.2. The quantitative estimate of drug-likeness (QED) is 0.800.